The fourth-order valence-electron chi connectivity index (χ4n) is 7.73. The van der Waals surface area contributed by atoms with Crippen LogP contribution < -0.4 is 27.1 Å². The van der Waals surface area contributed by atoms with Gasteiger partial charge in [-0.15, -0.1) is 5.11 Å². The predicted octanol–water partition coefficient (Wildman–Crippen LogP) is 4.59. The van der Waals surface area contributed by atoms with Gasteiger partial charge >= 0.3 is 0 Å². The SMILES string of the molecule is CCCn1c(O)c(C#N)c(C)c(N=Nc2ccc(S(=O)(=O)CCNCCCN3CCN(CCCNCCS(=O)(=O)c4ccc(Nc5c(C)c(C#N)c(O)n(CCC)c5=O)cc4)CC3)cc2)c1=O. The number of pyridine rings is 2. The minimum atomic E-state index is -3.57. The van der Waals surface area contributed by atoms with Crippen LogP contribution >= 0.6 is 0 Å². The van der Waals surface area contributed by atoms with Crippen LogP contribution in [0.5, 0.6) is 11.8 Å². The van der Waals surface area contributed by atoms with Crippen LogP contribution in [0.3, 0.4) is 0 Å². The zero-order chi connectivity index (χ0) is 48.7. The zero-order valence-electron chi connectivity index (χ0n) is 38.6. The first-order chi connectivity index (χ1) is 32.1. The summed E-state index contributed by atoms with van der Waals surface area (Å²) in [6.07, 6.45) is 2.88. The molecule has 0 saturated carbocycles. The Hall–Kier alpha value is -5.94. The summed E-state index contributed by atoms with van der Waals surface area (Å²) in [4.78, 5) is 31.1. The lowest BCUT2D eigenvalue weighted by Crippen LogP contribution is -2.47. The molecule has 1 aliphatic heterocycles. The predicted molar refractivity (Wildman–Crippen MR) is 257 cm³/mol. The van der Waals surface area contributed by atoms with E-state index in [4.69, 9.17) is 0 Å². The summed E-state index contributed by atoms with van der Waals surface area (Å²) < 4.78 is 54.3. The fraction of sp³-hybridized carbons (Fsp3) is 0.478. The van der Waals surface area contributed by atoms with Crippen molar-refractivity contribution in [2.45, 2.75) is 76.3 Å². The number of hydrogen-bond acceptors (Lipinski definition) is 17. The third-order valence-corrected chi connectivity index (χ3v) is 15.1. The number of aromatic nitrogens is 2. The molecule has 0 spiro atoms. The van der Waals surface area contributed by atoms with Crippen molar-refractivity contribution in [3.8, 4) is 23.9 Å². The maximum Gasteiger partial charge on any atom is 0.281 e. The molecule has 360 valence electrons. The number of nitrogens with one attached hydrogen (secondary N) is 3. The number of benzene rings is 2. The molecule has 1 fully saturated rings. The minimum Gasteiger partial charge on any atom is -0.493 e. The van der Waals surface area contributed by atoms with Crippen molar-refractivity contribution in [1.29, 1.82) is 10.5 Å². The lowest BCUT2D eigenvalue weighted by molar-refractivity contribution is 0.130. The van der Waals surface area contributed by atoms with Gasteiger partial charge in [-0.3, -0.25) is 18.7 Å². The maximum atomic E-state index is 13.1. The molecule has 5 N–H and O–H groups in total. The fourth-order valence-corrected chi connectivity index (χ4v) is 10.1. The molecule has 19 nitrogen and oxygen atoms in total. The van der Waals surface area contributed by atoms with Gasteiger partial charge in [-0.05, 0) is 114 Å². The summed E-state index contributed by atoms with van der Waals surface area (Å²) in [5.41, 5.74) is 0.310. The summed E-state index contributed by atoms with van der Waals surface area (Å²) >= 11 is 0. The highest BCUT2D eigenvalue weighted by molar-refractivity contribution is 7.91. The van der Waals surface area contributed by atoms with Crippen molar-refractivity contribution in [2.75, 3.05) is 82.3 Å². The van der Waals surface area contributed by atoms with Gasteiger partial charge in [0, 0.05) is 69.2 Å². The number of nitrogens with zero attached hydrogens (tertiary/aromatic N) is 8. The van der Waals surface area contributed by atoms with Gasteiger partial charge in [-0.2, -0.15) is 15.6 Å². The van der Waals surface area contributed by atoms with Crippen LogP contribution in [0.1, 0.15) is 61.8 Å². The van der Waals surface area contributed by atoms with Crippen molar-refractivity contribution in [1.82, 2.24) is 29.6 Å². The van der Waals surface area contributed by atoms with Crippen molar-refractivity contribution in [3.63, 3.8) is 0 Å². The number of hydrogen-bond donors (Lipinski definition) is 5. The van der Waals surface area contributed by atoms with Crippen LogP contribution in [-0.2, 0) is 32.8 Å². The molecule has 67 heavy (non-hydrogen) atoms. The van der Waals surface area contributed by atoms with E-state index in [-0.39, 0.29) is 68.3 Å². The quantitative estimate of drug-likeness (QED) is 0.0475. The summed E-state index contributed by atoms with van der Waals surface area (Å²) in [5, 5.41) is 57.5. The number of aromatic hydroxyl groups is 2. The van der Waals surface area contributed by atoms with Gasteiger partial charge in [0.05, 0.1) is 27.0 Å². The van der Waals surface area contributed by atoms with Gasteiger partial charge in [0.2, 0.25) is 11.8 Å². The van der Waals surface area contributed by atoms with E-state index >= 15 is 0 Å². The Morgan fingerprint density at radius 3 is 1.54 bits per heavy atom. The van der Waals surface area contributed by atoms with Crippen LogP contribution in [0.15, 0.2) is 78.1 Å². The van der Waals surface area contributed by atoms with Crippen LogP contribution in [0, 0.1) is 36.5 Å². The number of anilines is 2. The molecule has 0 atom stereocenters. The molecule has 3 heterocycles. The lowest BCUT2D eigenvalue weighted by Gasteiger charge is -2.34. The second kappa shape index (κ2) is 24.2. The molecule has 21 heteroatoms. The Morgan fingerprint density at radius 2 is 1.07 bits per heavy atom. The lowest BCUT2D eigenvalue weighted by atomic mass is 10.1. The van der Waals surface area contributed by atoms with Crippen LogP contribution in [0.2, 0.25) is 0 Å². The second-order valence-electron chi connectivity index (χ2n) is 16.4. The van der Waals surface area contributed by atoms with E-state index in [1.165, 1.54) is 43.3 Å². The van der Waals surface area contributed by atoms with Crippen molar-refractivity contribution in [2.24, 2.45) is 10.2 Å². The Balaban J connectivity index is 0.942. The molecule has 0 amide bonds. The molecule has 0 bridgehead atoms. The molecule has 1 aliphatic rings. The first kappa shape index (κ1) is 52.0. The molecular formula is C46H61N11O8S2. The number of azo groups is 1. The van der Waals surface area contributed by atoms with Crippen molar-refractivity contribution >= 4 is 42.4 Å². The molecular weight excluding hydrogens is 899 g/mol. The van der Waals surface area contributed by atoms with Gasteiger partial charge in [0.15, 0.2) is 25.4 Å². The molecule has 5 rings (SSSR count). The highest BCUT2D eigenvalue weighted by Gasteiger charge is 2.22. The van der Waals surface area contributed by atoms with E-state index in [0.29, 0.717) is 56.0 Å². The van der Waals surface area contributed by atoms with Crippen LogP contribution in [-0.4, -0.2) is 123 Å². The van der Waals surface area contributed by atoms with Gasteiger partial charge in [-0.25, -0.2) is 16.8 Å². The monoisotopic (exact) mass is 959 g/mol. The van der Waals surface area contributed by atoms with Gasteiger partial charge in [-0.1, -0.05) is 13.8 Å². The summed E-state index contributed by atoms with van der Waals surface area (Å²) in [5.74, 6) is -0.921. The van der Waals surface area contributed by atoms with Gasteiger partial charge in [0.25, 0.3) is 11.1 Å². The summed E-state index contributed by atoms with van der Waals surface area (Å²) in [6, 6.07) is 15.9. The highest BCUT2D eigenvalue weighted by Crippen LogP contribution is 2.29. The molecule has 2 aromatic heterocycles. The normalized spacial score (nSPS) is 13.8. The van der Waals surface area contributed by atoms with Gasteiger partial charge in [0.1, 0.15) is 29.0 Å². The average molecular weight is 960 g/mol. The van der Waals surface area contributed by atoms with Crippen LogP contribution in [0.4, 0.5) is 22.7 Å². The third-order valence-electron chi connectivity index (χ3n) is 11.6. The third kappa shape index (κ3) is 13.4. The first-order valence-corrected chi connectivity index (χ1v) is 25.8. The molecule has 0 aliphatic carbocycles. The van der Waals surface area contributed by atoms with Gasteiger partial charge < -0.3 is 36.0 Å². The number of nitriles is 2. The largest absolute Gasteiger partial charge is 0.493 e. The first-order valence-electron chi connectivity index (χ1n) is 22.5. The summed E-state index contributed by atoms with van der Waals surface area (Å²) in [6.45, 7) is 14.7. The average Bonchev–Trinajstić information content (AvgIpc) is 3.31. The number of piperazine rings is 1. The minimum absolute atomic E-state index is 0.00438. The topological polar surface area (TPSA) is 268 Å². The number of sulfone groups is 2. The van der Waals surface area contributed by atoms with E-state index in [0.717, 1.165) is 61.2 Å². The molecule has 1 saturated heterocycles. The molecule has 2 aromatic carbocycles. The number of rotatable bonds is 24. The Morgan fingerprint density at radius 1 is 0.627 bits per heavy atom. The highest BCUT2D eigenvalue weighted by atomic mass is 32.2. The van der Waals surface area contributed by atoms with E-state index in [1.807, 2.05) is 26.0 Å². The van der Waals surface area contributed by atoms with E-state index in [1.54, 1.807) is 19.1 Å². The van der Waals surface area contributed by atoms with E-state index in [9.17, 15) is 47.2 Å². The van der Waals surface area contributed by atoms with Crippen molar-refractivity contribution < 1.29 is 27.0 Å². The molecule has 0 unspecified atom stereocenters. The molecule has 0 radical (unpaired) electrons. The standard InChI is InChI=1S/C46H61N11O8S2/c1-5-21-56-43(58)39(31-47)33(3)41(45(56)60)51-35-9-13-37(14-10-35)66(62,63)29-19-49-17-7-23-54-25-27-55(28-26-54)24-8-18-50-20-30-67(64,65)38-15-11-36(12-16-38)52-53-42-34(4)40(32-48)44(59)57(22-6-2)46(42)61/h9-16,49-51,58-59H,5-8,17-30H2,1-4H3. The maximum absolute atomic E-state index is 13.1. The van der Waals surface area contributed by atoms with E-state index < -0.39 is 36.7 Å². The smallest absolute Gasteiger partial charge is 0.281 e. The van der Waals surface area contributed by atoms with Crippen LogP contribution in [0.25, 0.3) is 0 Å². The Bertz CT molecular complexity index is 2810. The zero-order valence-corrected chi connectivity index (χ0v) is 40.2. The van der Waals surface area contributed by atoms with Crippen molar-refractivity contribution in [3.05, 3.63) is 91.5 Å². The summed E-state index contributed by atoms with van der Waals surface area (Å²) in [7, 11) is -7.13. The Labute approximate surface area is 392 Å². The molecule has 4 aromatic rings. The van der Waals surface area contributed by atoms with E-state index in [2.05, 4.69) is 36.0 Å². The second-order valence-corrected chi connectivity index (χ2v) is 20.6. The Kier molecular flexibility index (Phi) is 18.8.